The number of nitrogens with one attached hydrogen (secondary N) is 2. The first-order chi connectivity index (χ1) is 18.7. The van der Waals surface area contributed by atoms with Crippen LogP contribution in [0.25, 0.3) is 0 Å². The average Bonchev–Trinajstić information content (AvgIpc) is 2.91. The quantitative estimate of drug-likeness (QED) is 0.376. The highest BCUT2D eigenvalue weighted by molar-refractivity contribution is 7.89. The van der Waals surface area contributed by atoms with E-state index in [0.29, 0.717) is 30.0 Å². The van der Waals surface area contributed by atoms with E-state index in [1.807, 2.05) is 26.0 Å². The smallest absolute Gasteiger partial charge is 0.238 e. The minimum atomic E-state index is -3.55. The van der Waals surface area contributed by atoms with Crippen LogP contribution in [0, 0.1) is 29.5 Å². The van der Waals surface area contributed by atoms with Crippen molar-refractivity contribution >= 4 is 15.9 Å². The third-order valence-corrected chi connectivity index (χ3v) is 8.28. The number of carbonyl (C=O) groups excluding carboxylic acids is 1. The maximum atomic E-state index is 13.0. The summed E-state index contributed by atoms with van der Waals surface area (Å²) in [7, 11) is -2.01. The number of sulfonamides is 1. The molecule has 7 nitrogen and oxygen atoms in total. The van der Waals surface area contributed by atoms with Gasteiger partial charge in [0.15, 0.2) is 11.5 Å². The molecule has 39 heavy (non-hydrogen) atoms. The molecule has 1 amide bonds. The van der Waals surface area contributed by atoms with Gasteiger partial charge in [0.2, 0.25) is 15.9 Å². The summed E-state index contributed by atoms with van der Waals surface area (Å²) in [6.07, 6.45) is 5.68. The van der Waals surface area contributed by atoms with E-state index >= 15 is 0 Å². The minimum absolute atomic E-state index is 0.0789. The number of benzene rings is 2. The van der Waals surface area contributed by atoms with E-state index in [0.717, 1.165) is 37.7 Å². The molecule has 0 aliphatic heterocycles. The van der Waals surface area contributed by atoms with E-state index in [4.69, 9.17) is 9.47 Å². The first-order valence-electron chi connectivity index (χ1n) is 13.5. The number of methoxy groups -OCH3 is 1. The molecule has 1 aliphatic rings. The van der Waals surface area contributed by atoms with Crippen LogP contribution in [-0.4, -0.2) is 46.4 Å². The maximum Gasteiger partial charge on any atom is 0.238 e. The van der Waals surface area contributed by atoms with Gasteiger partial charge in [-0.3, -0.25) is 4.79 Å². The summed E-state index contributed by atoms with van der Waals surface area (Å²) in [5, 5.41) is 2.87. The van der Waals surface area contributed by atoms with Gasteiger partial charge in [0.25, 0.3) is 0 Å². The Kier molecular flexibility index (Phi) is 11.6. The fourth-order valence-electron chi connectivity index (χ4n) is 4.61. The molecule has 0 bridgehead atoms. The van der Waals surface area contributed by atoms with Gasteiger partial charge in [-0.2, -0.15) is 0 Å². The number of halogens is 1. The first kappa shape index (κ1) is 30.5. The number of rotatable bonds is 12. The van der Waals surface area contributed by atoms with E-state index in [1.54, 1.807) is 25.3 Å². The summed E-state index contributed by atoms with van der Waals surface area (Å²) in [5.74, 6) is 6.30. The molecule has 1 aliphatic carbocycles. The van der Waals surface area contributed by atoms with Gasteiger partial charge in [-0.05, 0) is 73.1 Å². The molecule has 0 aromatic heterocycles. The standard InChI is InChI=1S/C30H39FN2O5S/c1-22(2)29(33-39(35,36)21-25-8-5-4-6-9-25)30(34)32-18-17-24-13-16-27(28(20-24)37-3)38-19-7-10-23-11-14-26(31)15-12-23/h11-16,20,22,25,29,33H,4-6,8-9,17-19,21H2,1-3H3,(H,32,34)/t29-/m0/s1. The molecular formula is C30H39FN2O5S. The van der Waals surface area contributed by atoms with Crippen molar-refractivity contribution in [2.24, 2.45) is 11.8 Å². The summed E-state index contributed by atoms with van der Waals surface area (Å²) in [6, 6.07) is 10.6. The molecule has 0 unspecified atom stereocenters. The van der Waals surface area contributed by atoms with Crippen molar-refractivity contribution in [2.45, 2.75) is 58.4 Å². The summed E-state index contributed by atoms with van der Waals surface area (Å²) >= 11 is 0. The van der Waals surface area contributed by atoms with Crippen LogP contribution in [0.1, 0.15) is 57.1 Å². The fraction of sp³-hybridized carbons (Fsp3) is 0.500. The zero-order valence-corrected chi connectivity index (χ0v) is 23.8. The minimum Gasteiger partial charge on any atom is -0.493 e. The van der Waals surface area contributed by atoms with Gasteiger partial charge in [0.1, 0.15) is 18.5 Å². The zero-order valence-electron chi connectivity index (χ0n) is 23.0. The van der Waals surface area contributed by atoms with Crippen molar-refractivity contribution < 1.29 is 27.1 Å². The van der Waals surface area contributed by atoms with Gasteiger partial charge in [0.05, 0.1) is 12.9 Å². The molecule has 0 spiro atoms. The molecule has 0 heterocycles. The van der Waals surface area contributed by atoms with Crippen molar-refractivity contribution in [2.75, 3.05) is 26.0 Å². The molecule has 0 radical (unpaired) electrons. The lowest BCUT2D eigenvalue weighted by Crippen LogP contribution is -2.51. The Labute approximate surface area is 231 Å². The van der Waals surface area contributed by atoms with Crippen LogP contribution in [0.15, 0.2) is 42.5 Å². The van der Waals surface area contributed by atoms with Gasteiger partial charge in [-0.15, -0.1) is 0 Å². The van der Waals surface area contributed by atoms with E-state index in [1.165, 1.54) is 12.1 Å². The first-order valence-corrected chi connectivity index (χ1v) is 15.1. The van der Waals surface area contributed by atoms with E-state index < -0.39 is 16.1 Å². The Morgan fingerprint density at radius 2 is 1.79 bits per heavy atom. The van der Waals surface area contributed by atoms with E-state index in [2.05, 4.69) is 21.9 Å². The molecule has 212 valence electrons. The summed E-state index contributed by atoms with van der Waals surface area (Å²) in [4.78, 5) is 12.9. The predicted octanol–water partition coefficient (Wildman–Crippen LogP) is 4.45. The third-order valence-electron chi connectivity index (χ3n) is 6.75. The highest BCUT2D eigenvalue weighted by Crippen LogP contribution is 2.28. The van der Waals surface area contributed by atoms with Gasteiger partial charge in [0, 0.05) is 12.1 Å². The van der Waals surface area contributed by atoms with Gasteiger partial charge in [-0.25, -0.2) is 17.5 Å². The second kappa shape index (κ2) is 14.9. The molecule has 2 aromatic rings. The normalized spacial score (nSPS) is 14.8. The van der Waals surface area contributed by atoms with Crippen LogP contribution < -0.4 is 19.5 Å². The van der Waals surface area contributed by atoms with Crippen molar-refractivity contribution in [3.05, 3.63) is 59.4 Å². The lowest BCUT2D eigenvalue weighted by molar-refractivity contribution is -0.123. The van der Waals surface area contributed by atoms with Crippen LogP contribution >= 0.6 is 0 Å². The molecule has 2 aromatic carbocycles. The monoisotopic (exact) mass is 558 g/mol. The predicted molar refractivity (Wildman–Crippen MR) is 151 cm³/mol. The Balaban J connectivity index is 1.50. The number of hydrogen-bond acceptors (Lipinski definition) is 5. The summed E-state index contributed by atoms with van der Waals surface area (Å²) in [5.41, 5.74) is 1.62. The molecule has 9 heteroatoms. The molecule has 1 fully saturated rings. The second-order valence-corrected chi connectivity index (χ2v) is 12.0. The topological polar surface area (TPSA) is 93.7 Å². The Morgan fingerprint density at radius 1 is 1.08 bits per heavy atom. The molecule has 1 atom stereocenters. The summed E-state index contributed by atoms with van der Waals surface area (Å²) in [6.45, 7) is 4.15. The number of amides is 1. The Bertz CT molecular complexity index is 1250. The maximum absolute atomic E-state index is 13.0. The Hall–Kier alpha value is -3.09. The van der Waals surface area contributed by atoms with E-state index in [-0.39, 0.29) is 35.9 Å². The van der Waals surface area contributed by atoms with Gasteiger partial charge in [-0.1, -0.05) is 51.0 Å². The fourth-order valence-corrected chi connectivity index (χ4v) is 6.43. The SMILES string of the molecule is COc1cc(CCNC(=O)[C@@H](NS(=O)(=O)CC2CCCCC2)C(C)C)ccc1OCC#Cc1ccc(F)cc1. The molecule has 2 N–H and O–H groups in total. The summed E-state index contributed by atoms with van der Waals surface area (Å²) < 4.78 is 52.3. The zero-order chi connectivity index (χ0) is 28.3. The second-order valence-electron chi connectivity index (χ2n) is 10.2. The number of carbonyl (C=O) groups is 1. The van der Waals surface area contributed by atoms with Crippen LogP contribution in [0.2, 0.25) is 0 Å². The van der Waals surface area contributed by atoms with Crippen molar-refractivity contribution in [1.29, 1.82) is 0 Å². The number of hydrogen-bond donors (Lipinski definition) is 2. The number of ether oxygens (including phenoxy) is 2. The lowest BCUT2D eigenvalue weighted by atomic mass is 9.91. The van der Waals surface area contributed by atoms with Crippen LogP contribution in [0.4, 0.5) is 4.39 Å². The lowest BCUT2D eigenvalue weighted by Gasteiger charge is -2.25. The molecule has 0 saturated heterocycles. The molecular weight excluding hydrogens is 519 g/mol. The van der Waals surface area contributed by atoms with Crippen molar-refractivity contribution in [3.63, 3.8) is 0 Å². The largest absolute Gasteiger partial charge is 0.493 e. The van der Waals surface area contributed by atoms with Gasteiger partial charge >= 0.3 is 0 Å². The van der Waals surface area contributed by atoms with Crippen molar-refractivity contribution in [1.82, 2.24) is 10.0 Å². The van der Waals surface area contributed by atoms with Crippen LogP contribution in [-0.2, 0) is 21.2 Å². The average molecular weight is 559 g/mol. The molecule has 3 rings (SSSR count). The molecule has 1 saturated carbocycles. The van der Waals surface area contributed by atoms with E-state index in [9.17, 15) is 17.6 Å². The highest BCUT2D eigenvalue weighted by atomic mass is 32.2. The van der Waals surface area contributed by atoms with Gasteiger partial charge < -0.3 is 14.8 Å². The van der Waals surface area contributed by atoms with Crippen LogP contribution in [0.5, 0.6) is 11.5 Å². The Morgan fingerprint density at radius 3 is 2.46 bits per heavy atom. The third kappa shape index (κ3) is 10.2. The van der Waals surface area contributed by atoms with Crippen molar-refractivity contribution in [3.8, 4) is 23.3 Å². The van der Waals surface area contributed by atoms with Crippen LogP contribution in [0.3, 0.4) is 0 Å². The highest BCUT2D eigenvalue weighted by Gasteiger charge is 2.29.